The van der Waals surface area contributed by atoms with E-state index in [-0.39, 0.29) is 17.0 Å². The van der Waals surface area contributed by atoms with Crippen LogP contribution in [0.5, 0.6) is 5.75 Å². The Balaban J connectivity index is 2.20. The van der Waals surface area contributed by atoms with Gasteiger partial charge in [0.05, 0.1) is 11.0 Å². The second kappa shape index (κ2) is 5.88. The molecule has 0 bridgehead atoms. The monoisotopic (exact) mass is 311 g/mol. The Hall–Kier alpha value is -2.48. The molecule has 2 aromatic carbocycles. The molecule has 8 heteroatoms. The van der Waals surface area contributed by atoms with E-state index >= 15 is 0 Å². The molecule has 110 valence electrons. The van der Waals surface area contributed by atoms with Crippen LogP contribution < -0.4 is 4.18 Å². The molecular weight excluding hydrogens is 301 g/mol. The maximum absolute atomic E-state index is 13.4. The predicted molar refractivity (Wildman–Crippen MR) is 72.7 cm³/mol. The fourth-order valence-electron chi connectivity index (χ4n) is 1.63. The number of non-ortho nitro benzene ring substituents is 1. The van der Waals surface area contributed by atoms with Gasteiger partial charge in [-0.15, -0.1) is 0 Å². The quantitative estimate of drug-likeness (QED) is 0.481. The number of nitrogens with zero attached hydrogens (tertiary/aromatic N) is 1. The van der Waals surface area contributed by atoms with Crippen molar-refractivity contribution in [2.24, 2.45) is 0 Å². The lowest BCUT2D eigenvalue weighted by molar-refractivity contribution is -0.384. The highest BCUT2D eigenvalue weighted by molar-refractivity contribution is 7.86. The largest absolute Gasteiger partial charge is 0.382 e. The first-order valence-corrected chi connectivity index (χ1v) is 7.35. The summed E-state index contributed by atoms with van der Waals surface area (Å²) < 4.78 is 41.9. The lowest BCUT2D eigenvalue weighted by atomic mass is 10.2. The molecule has 0 unspecified atom stereocenters. The van der Waals surface area contributed by atoms with E-state index in [1.165, 1.54) is 36.4 Å². The molecule has 0 radical (unpaired) electrons. The van der Waals surface area contributed by atoms with Gasteiger partial charge in [-0.1, -0.05) is 24.3 Å². The molecule has 0 spiro atoms. The predicted octanol–water partition coefficient (Wildman–Crippen LogP) is 2.64. The summed E-state index contributed by atoms with van der Waals surface area (Å²) in [6, 6.07) is 10.2. The topological polar surface area (TPSA) is 86.5 Å². The number of nitro benzene ring substituents is 1. The maximum atomic E-state index is 13.4. The second-order valence-corrected chi connectivity index (χ2v) is 5.70. The average Bonchev–Trinajstić information content (AvgIpc) is 2.41. The highest BCUT2D eigenvalue weighted by Crippen LogP contribution is 2.22. The fraction of sp³-hybridized carbons (Fsp3) is 0.0769. The standard InChI is InChI=1S/C13H10FNO5S/c14-13-7-2-1-4-10(13)9-21(18,19)20-12-6-3-5-11(8-12)15(16)17/h1-8H,9H2. The average molecular weight is 311 g/mol. The Morgan fingerprint density at radius 2 is 1.86 bits per heavy atom. The van der Waals surface area contributed by atoms with Crippen molar-refractivity contribution in [1.29, 1.82) is 0 Å². The summed E-state index contributed by atoms with van der Waals surface area (Å²) in [7, 11) is -4.12. The van der Waals surface area contributed by atoms with Crippen molar-refractivity contribution in [2.45, 2.75) is 5.75 Å². The molecule has 0 amide bonds. The van der Waals surface area contributed by atoms with Gasteiger partial charge in [-0.05, 0) is 12.1 Å². The SMILES string of the molecule is O=[N+]([O-])c1cccc(OS(=O)(=O)Cc2ccccc2F)c1. The van der Waals surface area contributed by atoms with Crippen molar-refractivity contribution in [2.75, 3.05) is 0 Å². The van der Waals surface area contributed by atoms with E-state index in [9.17, 15) is 22.9 Å². The highest BCUT2D eigenvalue weighted by atomic mass is 32.2. The molecule has 0 saturated heterocycles. The van der Waals surface area contributed by atoms with Gasteiger partial charge in [0, 0.05) is 11.6 Å². The van der Waals surface area contributed by atoms with E-state index in [1.54, 1.807) is 0 Å². The molecule has 2 rings (SSSR count). The van der Waals surface area contributed by atoms with Crippen molar-refractivity contribution in [3.63, 3.8) is 0 Å². The van der Waals surface area contributed by atoms with E-state index in [0.717, 1.165) is 12.1 Å². The van der Waals surface area contributed by atoms with E-state index in [0.29, 0.717) is 0 Å². The van der Waals surface area contributed by atoms with Gasteiger partial charge < -0.3 is 4.18 Å². The van der Waals surface area contributed by atoms with Crippen LogP contribution in [0, 0.1) is 15.9 Å². The van der Waals surface area contributed by atoms with Gasteiger partial charge in [0.15, 0.2) is 0 Å². The van der Waals surface area contributed by atoms with Crippen LogP contribution in [0.1, 0.15) is 5.56 Å². The first kappa shape index (κ1) is 14.9. The lowest BCUT2D eigenvalue weighted by Crippen LogP contribution is -2.13. The van der Waals surface area contributed by atoms with E-state index in [4.69, 9.17) is 4.18 Å². The van der Waals surface area contributed by atoms with Crippen molar-refractivity contribution >= 4 is 15.8 Å². The molecular formula is C13H10FNO5S. The summed E-state index contributed by atoms with van der Waals surface area (Å²) in [5.74, 6) is -1.52. The molecule has 0 aromatic heterocycles. The Kier molecular flexibility index (Phi) is 4.18. The molecule has 6 nitrogen and oxygen atoms in total. The van der Waals surface area contributed by atoms with Crippen molar-refractivity contribution in [3.05, 3.63) is 70.0 Å². The summed E-state index contributed by atoms with van der Waals surface area (Å²) in [5.41, 5.74) is -0.337. The molecule has 2 aromatic rings. The van der Waals surface area contributed by atoms with Crippen molar-refractivity contribution in [3.8, 4) is 5.75 Å². The number of hydrogen-bond donors (Lipinski definition) is 0. The molecule has 0 saturated carbocycles. The van der Waals surface area contributed by atoms with Crippen LogP contribution in [0.2, 0.25) is 0 Å². The summed E-state index contributed by atoms with van der Waals surface area (Å²) >= 11 is 0. The molecule has 0 heterocycles. The minimum Gasteiger partial charge on any atom is -0.382 e. The van der Waals surface area contributed by atoms with Crippen LogP contribution in [0.15, 0.2) is 48.5 Å². The van der Waals surface area contributed by atoms with E-state index in [2.05, 4.69) is 0 Å². The molecule has 0 fully saturated rings. The van der Waals surface area contributed by atoms with Crippen LogP contribution >= 0.6 is 0 Å². The molecule has 21 heavy (non-hydrogen) atoms. The Bertz CT molecular complexity index is 776. The van der Waals surface area contributed by atoms with Gasteiger partial charge in [-0.2, -0.15) is 8.42 Å². The van der Waals surface area contributed by atoms with Gasteiger partial charge in [0.1, 0.15) is 17.3 Å². The zero-order chi connectivity index (χ0) is 15.5. The summed E-state index contributed by atoms with van der Waals surface area (Å²) in [6.45, 7) is 0. The van der Waals surface area contributed by atoms with Crippen LogP contribution in [0.25, 0.3) is 0 Å². The zero-order valence-electron chi connectivity index (χ0n) is 10.6. The number of nitro groups is 1. The summed E-state index contributed by atoms with van der Waals surface area (Å²) in [6.07, 6.45) is 0. The molecule has 0 aliphatic carbocycles. The minimum atomic E-state index is -4.12. The van der Waals surface area contributed by atoms with Gasteiger partial charge in [0.25, 0.3) is 5.69 Å². The number of hydrogen-bond acceptors (Lipinski definition) is 5. The van der Waals surface area contributed by atoms with Crippen LogP contribution in [-0.4, -0.2) is 13.3 Å². The first-order valence-electron chi connectivity index (χ1n) is 5.77. The first-order chi connectivity index (χ1) is 9.87. The van der Waals surface area contributed by atoms with Crippen LogP contribution in [-0.2, 0) is 15.9 Å². The van der Waals surface area contributed by atoms with Gasteiger partial charge in [0.2, 0.25) is 0 Å². The third kappa shape index (κ3) is 3.99. The van der Waals surface area contributed by atoms with E-state index in [1.807, 2.05) is 0 Å². The fourth-order valence-corrected chi connectivity index (χ4v) is 2.70. The Morgan fingerprint density at radius 3 is 2.52 bits per heavy atom. The van der Waals surface area contributed by atoms with Crippen molar-refractivity contribution < 1.29 is 21.9 Å². The minimum absolute atomic E-state index is 0.0390. The highest BCUT2D eigenvalue weighted by Gasteiger charge is 2.18. The summed E-state index contributed by atoms with van der Waals surface area (Å²) in [5, 5.41) is 10.6. The Labute approximate surface area is 120 Å². The number of rotatable bonds is 5. The molecule has 0 aliphatic heterocycles. The zero-order valence-corrected chi connectivity index (χ0v) is 11.4. The summed E-state index contributed by atoms with van der Waals surface area (Å²) in [4.78, 5) is 9.94. The number of benzene rings is 2. The molecule has 0 N–H and O–H groups in total. The second-order valence-electron chi connectivity index (χ2n) is 4.13. The van der Waals surface area contributed by atoms with E-state index < -0.39 is 26.6 Å². The maximum Gasteiger partial charge on any atom is 0.313 e. The molecule has 0 atom stereocenters. The van der Waals surface area contributed by atoms with Gasteiger partial charge in [-0.3, -0.25) is 10.1 Å². The Morgan fingerprint density at radius 1 is 1.14 bits per heavy atom. The van der Waals surface area contributed by atoms with Crippen LogP contribution in [0.4, 0.5) is 10.1 Å². The van der Waals surface area contributed by atoms with Gasteiger partial charge >= 0.3 is 10.1 Å². The normalized spacial score (nSPS) is 11.1. The third-order valence-corrected chi connectivity index (χ3v) is 3.65. The number of halogens is 1. The van der Waals surface area contributed by atoms with Crippen LogP contribution in [0.3, 0.4) is 0 Å². The smallest absolute Gasteiger partial charge is 0.313 e. The molecule has 0 aliphatic rings. The third-order valence-electron chi connectivity index (χ3n) is 2.54. The van der Waals surface area contributed by atoms with Crippen molar-refractivity contribution in [1.82, 2.24) is 0 Å². The lowest BCUT2D eigenvalue weighted by Gasteiger charge is -2.07. The van der Waals surface area contributed by atoms with Gasteiger partial charge in [-0.25, -0.2) is 4.39 Å².